The van der Waals surface area contributed by atoms with Gasteiger partial charge in [-0.1, -0.05) is 6.07 Å². The van der Waals surface area contributed by atoms with Crippen LogP contribution < -0.4 is 4.74 Å². The number of carboxylic acids is 1. The van der Waals surface area contributed by atoms with Crippen LogP contribution in [-0.4, -0.2) is 18.2 Å². The highest BCUT2D eigenvalue weighted by Gasteiger charge is 2.14. The third-order valence-corrected chi connectivity index (χ3v) is 1.94. The average molecular weight is 216 g/mol. The predicted octanol–water partition coefficient (Wildman–Crippen LogP) is 1.99. The molecule has 82 valence electrons. The first-order valence-corrected chi connectivity index (χ1v) is 4.29. The monoisotopic (exact) mass is 216 g/mol. The molecular formula is C10H10F2O3. The Kier molecular flexibility index (Phi) is 3.60. The van der Waals surface area contributed by atoms with Crippen LogP contribution in [0.4, 0.5) is 8.78 Å². The number of aryl methyl sites for hydroxylation is 1. The molecule has 0 aliphatic heterocycles. The van der Waals surface area contributed by atoms with Crippen LogP contribution in [0.3, 0.4) is 0 Å². The van der Waals surface area contributed by atoms with E-state index in [2.05, 4.69) is 4.74 Å². The van der Waals surface area contributed by atoms with E-state index in [-0.39, 0.29) is 18.6 Å². The molecule has 3 nitrogen and oxygen atoms in total. The van der Waals surface area contributed by atoms with Crippen LogP contribution in [0.1, 0.15) is 12.0 Å². The van der Waals surface area contributed by atoms with Gasteiger partial charge in [-0.05, 0) is 18.1 Å². The molecule has 0 aliphatic rings. The minimum absolute atomic E-state index is 0.107. The largest absolute Gasteiger partial charge is 0.493 e. The van der Waals surface area contributed by atoms with Gasteiger partial charge in [0.25, 0.3) is 0 Å². The van der Waals surface area contributed by atoms with E-state index in [1.807, 2.05) is 0 Å². The van der Waals surface area contributed by atoms with Crippen LogP contribution in [0, 0.1) is 11.6 Å². The Morgan fingerprint density at radius 3 is 2.67 bits per heavy atom. The van der Waals surface area contributed by atoms with Crippen LogP contribution in [-0.2, 0) is 11.2 Å². The number of halogens is 2. The third kappa shape index (κ3) is 2.65. The molecule has 0 unspecified atom stereocenters. The van der Waals surface area contributed by atoms with Gasteiger partial charge in [0.15, 0.2) is 11.6 Å². The number of hydrogen-bond donors (Lipinski definition) is 1. The van der Waals surface area contributed by atoms with Crippen LogP contribution in [0.2, 0.25) is 0 Å². The minimum Gasteiger partial charge on any atom is -0.493 e. The van der Waals surface area contributed by atoms with Gasteiger partial charge in [0.1, 0.15) is 0 Å². The predicted molar refractivity (Wildman–Crippen MR) is 48.9 cm³/mol. The van der Waals surface area contributed by atoms with Gasteiger partial charge in [0.2, 0.25) is 5.82 Å². The summed E-state index contributed by atoms with van der Waals surface area (Å²) in [6, 6.07) is 2.27. The molecule has 0 heterocycles. The first-order chi connectivity index (χ1) is 7.06. The first kappa shape index (κ1) is 11.4. The van der Waals surface area contributed by atoms with Crippen LogP contribution in [0.5, 0.6) is 5.75 Å². The zero-order valence-electron chi connectivity index (χ0n) is 8.09. The molecule has 1 rings (SSSR count). The Morgan fingerprint density at radius 2 is 2.13 bits per heavy atom. The molecule has 0 amide bonds. The summed E-state index contributed by atoms with van der Waals surface area (Å²) in [6.45, 7) is 0. The number of benzene rings is 1. The van der Waals surface area contributed by atoms with E-state index in [1.54, 1.807) is 0 Å². The molecule has 5 heteroatoms. The highest BCUT2D eigenvalue weighted by Crippen LogP contribution is 2.25. The van der Waals surface area contributed by atoms with Crippen molar-refractivity contribution < 1.29 is 23.4 Å². The lowest BCUT2D eigenvalue weighted by atomic mass is 10.1. The van der Waals surface area contributed by atoms with Gasteiger partial charge in [-0.3, -0.25) is 4.79 Å². The van der Waals surface area contributed by atoms with Gasteiger partial charge in [0, 0.05) is 6.42 Å². The summed E-state index contributed by atoms with van der Waals surface area (Å²) in [5.41, 5.74) is 0.346. The van der Waals surface area contributed by atoms with Gasteiger partial charge in [-0.15, -0.1) is 0 Å². The SMILES string of the molecule is COc1c(CCC(=O)O)ccc(F)c1F. The molecular weight excluding hydrogens is 206 g/mol. The lowest BCUT2D eigenvalue weighted by Crippen LogP contribution is -2.02. The number of carbonyl (C=O) groups is 1. The molecule has 0 saturated carbocycles. The lowest BCUT2D eigenvalue weighted by Gasteiger charge is -2.08. The molecule has 0 aliphatic carbocycles. The molecule has 0 fully saturated rings. The van der Waals surface area contributed by atoms with Crippen molar-refractivity contribution in [2.45, 2.75) is 12.8 Å². The fourth-order valence-corrected chi connectivity index (χ4v) is 1.23. The molecule has 0 saturated heterocycles. The second kappa shape index (κ2) is 4.72. The molecule has 0 aromatic heterocycles. The van der Waals surface area contributed by atoms with Crippen molar-refractivity contribution in [2.75, 3.05) is 7.11 Å². The number of methoxy groups -OCH3 is 1. The van der Waals surface area contributed by atoms with E-state index in [0.717, 1.165) is 6.07 Å². The van der Waals surface area contributed by atoms with Crippen LogP contribution in [0.15, 0.2) is 12.1 Å². The normalized spacial score (nSPS) is 10.1. The Hall–Kier alpha value is -1.65. The summed E-state index contributed by atoms with van der Waals surface area (Å²) in [4.78, 5) is 10.3. The zero-order valence-corrected chi connectivity index (χ0v) is 8.09. The van der Waals surface area contributed by atoms with Crippen LogP contribution in [0.25, 0.3) is 0 Å². The highest BCUT2D eigenvalue weighted by molar-refractivity contribution is 5.67. The maximum Gasteiger partial charge on any atom is 0.303 e. The van der Waals surface area contributed by atoms with E-state index in [1.165, 1.54) is 13.2 Å². The fourth-order valence-electron chi connectivity index (χ4n) is 1.23. The van der Waals surface area contributed by atoms with E-state index in [9.17, 15) is 13.6 Å². The van der Waals surface area contributed by atoms with E-state index in [4.69, 9.17) is 5.11 Å². The van der Waals surface area contributed by atoms with Gasteiger partial charge in [-0.2, -0.15) is 4.39 Å². The molecule has 1 N–H and O–H groups in total. The molecule has 0 bridgehead atoms. The summed E-state index contributed by atoms with van der Waals surface area (Å²) >= 11 is 0. The van der Waals surface area contributed by atoms with Gasteiger partial charge < -0.3 is 9.84 Å². The van der Waals surface area contributed by atoms with Crippen molar-refractivity contribution in [1.29, 1.82) is 0 Å². The maximum atomic E-state index is 13.1. The Balaban J connectivity index is 2.97. The number of ether oxygens (including phenoxy) is 1. The summed E-state index contributed by atoms with van der Waals surface area (Å²) in [6.07, 6.45) is -0.0445. The number of aliphatic carboxylic acids is 1. The van der Waals surface area contributed by atoms with E-state index < -0.39 is 17.6 Å². The zero-order chi connectivity index (χ0) is 11.4. The maximum absolute atomic E-state index is 13.1. The second-order valence-electron chi connectivity index (χ2n) is 2.95. The summed E-state index contributed by atoms with van der Waals surface area (Å²) in [5, 5.41) is 8.45. The second-order valence-corrected chi connectivity index (χ2v) is 2.95. The highest BCUT2D eigenvalue weighted by atomic mass is 19.2. The van der Waals surface area contributed by atoms with Crippen molar-refractivity contribution in [3.05, 3.63) is 29.3 Å². The Morgan fingerprint density at radius 1 is 1.47 bits per heavy atom. The topological polar surface area (TPSA) is 46.5 Å². The first-order valence-electron chi connectivity index (χ1n) is 4.29. The molecule has 1 aromatic carbocycles. The smallest absolute Gasteiger partial charge is 0.303 e. The standard InChI is InChI=1S/C10H10F2O3/c1-15-10-6(3-5-8(13)14)2-4-7(11)9(10)12/h2,4H,3,5H2,1H3,(H,13,14). The summed E-state index contributed by atoms with van der Waals surface area (Å²) < 4.78 is 30.6. The minimum atomic E-state index is -1.08. The van der Waals surface area contributed by atoms with Crippen molar-refractivity contribution in [2.24, 2.45) is 0 Å². The summed E-state index contributed by atoms with van der Waals surface area (Å²) in [7, 11) is 1.21. The van der Waals surface area contributed by atoms with Crippen molar-refractivity contribution in [3.63, 3.8) is 0 Å². The quantitative estimate of drug-likeness (QED) is 0.837. The molecule has 0 spiro atoms. The van der Waals surface area contributed by atoms with E-state index in [0.29, 0.717) is 5.56 Å². The lowest BCUT2D eigenvalue weighted by molar-refractivity contribution is -0.136. The molecule has 0 radical (unpaired) electrons. The van der Waals surface area contributed by atoms with Crippen molar-refractivity contribution in [1.82, 2.24) is 0 Å². The number of hydrogen-bond acceptors (Lipinski definition) is 2. The van der Waals surface area contributed by atoms with Crippen LogP contribution >= 0.6 is 0 Å². The number of carboxylic acid groups (broad SMARTS) is 1. The molecule has 0 atom stereocenters. The Labute approximate surface area is 85.3 Å². The summed E-state index contributed by atoms with van der Waals surface area (Å²) in [5.74, 6) is -3.32. The van der Waals surface area contributed by atoms with E-state index >= 15 is 0 Å². The van der Waals surface area contributed by atoms with Gasteiger partial charge in [-0.25, -0.2) is 4.39 Å². The van der Waals surface area contributed by atoms with Gasteiger partial charge in [0.05, 0.1) is 7.11 Å². The van der Waals surface area contributed by atoms with Gasteiger partial charge >= 0.3 is 5.97 Å². The van der Waals surface area contributed by atoms with Crippen molar-refractivity contribution in [3.8, 4) is 5.75 Å². The molecule has 1 aromatic rings. The average Bonchev–Trinajstić information content (AvgIpc) is 2.19. The fraction of sp³-hybridized carbons (Fsp3) is 0.300. The third-order valence-electron chi connectivity index (χ3n) is 1.94. The Bertz CT molecular complexity index is 377. The molecule has 15 heavy (non-hydrogen) atoms. The number of rotatable bonds is 4. The van der Waals surface area contributed by atoms with Crippen molar-refractivity contribution >= 4 is 5.97 Å².